The predicted molar refractivity (Wildman–Crippen MR) is 77.5 cm³/mol. The van der Waals surface area contributed by atoms with Gasteiger partial charge in [-0.05, 0) is 31.5 Å². The molecule has 1 heterocycles. The summed E-state index contributed by atoms with van der Waals surface area (Å²) in [6.45, 7) is 1.87. The van der Waals surface area contributed by atoms with Crippen LogP contribution in [-0.2, 0) is 6.54 Å². The van der Waals surface area contributed by atoms with Gasteiger partial charge in [-0.2, -0.15) is 0 Å². The minimum Gasteiger partial charge on any atom is -0.395 e. The van der Waals surface area contributed by atoms with Gasteiger partial charge in [-0.1, -0.05) is 24.3 Å². The van der Waals surface area contributed by atoms with Gasteiger partial charge >= 0.3 is 0 Å². The van der Waals surface area contributed by atoms with Crippen LogP contribution in [0.15, 0.2) is 18.2 Å². The molecule has 0 aliphatic carbocycles. The zero-order valence-corrected chi connectivity index (χ0v) is 11.6. The van der Waals surface area contributed by atoms with Crippen LogP contribution in [0, 0.1) is 17.7 Å². The van der Waals surface area contributed by atoms with Gasteiger partial charge in [0.15, 0.2) is 0 Å². The number of aliphatic hydroxyl groups excluding tert-OH is 1. The van der Waals surface area contributed by atoms with E-state index in [-0.39, 0.29) is 25.0 Å². The lowest BCUT2D eigenvalue weighted by atomic mass is 10.0. The number of likely N-dealkylation sites (tertiary alicyclic amines) is 1. The molecule has 3 N–H and O–H groups in total. The SMILES string of the molecule is NCC#Cc1ccc(CN2CCCCC2CO)c(F)c1. The third-order valence-corrected chi connectivity index (χ3v) is 3.72. The first-order chi connectivity index (χ1) is 9.74. The van der Waals surface area contributed by atoms with E-state index < -0.39 is 0 Å². The lowest BCUT2D eigenvalue weighted by Gasteiger charge is -2.34. The van der Waals surface area contributed by atoms with Crippen LogP contribution in [-0.4, -0.2) is 35.7 Å². The van der Waals surface area contributed by atoms with E-state index in [0.29, 0.717) is 17.7 Å². The lowest BCUT2D eigenvalue weighted by molar-refractivity contribution is 0.0832. The van der Waals surface area contributed by atoms with Crippen molar-refractivity contribution in [2.75, 3.05) is 19.7 Å². The van der Waals surface area contributed by atoms with Crippen molar-refractivity contribution in [1.29, 1.82) is 0 Å². The monoisotopic (exact) mass is 276 g/mol. The first-order valence-electron chi connectivity index (χ1n) is 7.07. The van der Waals surface area contributed by atoms with E-state index in [0.717, 1.165) is 25.8 Å². The van der Waals surface area contributed by atoms with E-state index in [9.17, 15) is 9.50 Å². The Balaban J connectivity index is 2.09. The molecule has 1 fully saturated rings. The molecule has 2 rings (SSSR count). The van der Waals surface area contributed by atoms with E-state index in [1.807, 2.05) is 6.07 Å². The smallest absolute Gasteiger partial charge is 0.128 e. The summed E-state index contributed by atoms with van der Waals surface area (Å²) in [6, 6.07) is 5.20. The van der Waals surface area contributed by atoms with Gasteiger partial charge in [0.05, 0.1) is 13.2 Å². The lowest BCUT2D eigenvalue weighted by Crippen LogP contribution is -2.41. The summed E-state index contributed by atoms with van der Waals surface area (Å²) in [5, 5.41) is 9.38. The number of hydrogen-bond acceptors (Lipinski definition) is 3. The Morgan fingerprint density at radius 1 is 1.40 bits per heavy atom. The van der Waals surface area contributed by atoms with Crippen molar-refractivity contribution < 1.29 is 9.50 Å². The maximum atomic E-state index is 14.1. The van der Waals surface area contributed by atoms with Crippen LogP contribution in [0.4, 0.5) is 4.39 Å². The fourth-order valence-corrected chi connectivity index (χ4v) is 2.60. The van der Waals surface area contributed by atoms with Crippen molar-refractivity contribution >= 4 is 0 Å². The molecule has 0 saturated carbocycles. The largest absolute Gasteiger partial charge is 0.395 e. The molecule has 1 aromatic rings. The van der Waals surface area contributed by atoms with Crippen molar-refractivity contribution in [3.63, 3.8) is 0 Å². The number of halogens is 1. The molecule has 1 atom stereocenters. The van der Waals surface area contributed by atoms with Crippen LogP contribution < -0.4 is 5.73 Å². The highest BCUT2D eigenvalue weighted by atomic mass is 19.1. The maximum absolute atomic E-state index is 14.1. The number of hydrogen-bond donors (Lipinski definition) is 2. The normalized spacial score (nSPS) is 19.4. The summed E-state index contributed by atoms with van der Waals surface area (Å²) in [7, 11) is 0. The Hall–Kier alpha value is -1.41. The number of rotatable bonds is 3. The third kappa shape index (κ3) is 3.80. The average molecular weight is 276 g/mol. The average Bonchev–Trinajstić information content (AvgIpc) is 2.48. The Morgan fingerprint density at radius 3 is 2.95 bits per heavy atom. The van der Waals surface area contributed by atoms with Crippen LogP contribution in [0.25, 0.3) is 0 Å². The number of nitrogens with zero attached hydrogens (tertiary/aromatic N) is 1. The molecular weight excluding hydrogens is 255 g/mol. The van der Waals surface area contributed by atoms with Crippen molar-refractivity contribution in [3.8, 4) is 11.8 Å². The van der Waals surface area contributed by atoms with Crippen LogP contribution in [0.5, 0.6) is 0 Å². The molecule has 0 bridgehead atoms. The van der Waals surface area contributed by atoms with Gasteiger partial charge in [-0.15, -0.1) is 0 Å². The standard InChI is InChI=1S/C16H21FN2O/c17-16-10-13(4-3-8-18)6-7-14(16)11-19-9-2-1-5-15(19)12-20/h6-7,10,15,20H,1-2,5,8-9,11-12,18H2. The summed E-state index contributed by atoms with van der Waals surface area (Å²) >= 11 is 0. The van der Waals surface area contributed by atoms with E-state index in [2.05, 4.69) is 16.7 Å². The molecule has 0 aromatic heterocycles. The second kappa shape index (κ2) is 7.39. The van der Waals surface area contributed by atoms with Crippen molar-refractivity contribution in [1.82, 2.24) is 4.90 Å². The molecule has 1 aliphatic heterocycles. The van der Waals surface area contributed by atoms with E-state index in [1.165, 1.54) is 6.07 Å². The zero-order chi connectivity index (χ0) is 14.4. The van der Waals surface area contributed by atoms with Gasteiger partial charge in [0, 0.05) is 23.7 Å². The van der Waals surface area contributed by atoms with Crippen LogP contribution in [0.2, 0.25) is 0 Å². The molecule has 20 heavy (non-hydrogen) atoms. The van der Waals surface area contributed by atoms with Crippen molar-refractivity contribution in [2.24, 2.45) is 5.73 Å². The topological polar surface area (TPSA) is 49.5 Å². The third-order valence-electron chi connectivity index (χ3n) is 3.72. The van der Waals surface area contributed by atoms with Gasteiger partial charge in [0.25, 0.3) is 0 Å². The first kappa shape index (κ1) is 15.0. The Kier molecular flexibility index (Phi) is 5.54. The van der Waals surface area contributed by atoms with Gasteiger partial charge < -0.3 is 10.8 Å². The minimum atomic E-state index is -0.240. The molecule has 0 radical (unpaired) electrons. The van der Waals surface area contributed by atoms with Crippen LogP contribution in [0.3, 0.4) is 0 Å². The molecule has 3 nitrogen and oxygen atoms in total. The fourth-order valence-electron chi connectivity index (χ4n) is 2.60. The molecular formula is C16H21FN2O. The second-order valence-electron chi connectivity index (χ2n) is 5.11. The van der Waals surface area contributed by atoms with Crippen molar-refractivity contribution in [2.45, 2.75) is 31.8 Å². The maximum Gasteiger partial charge on any atom is 0.128 e. The Bertz CT molecular complexity index is 507. The number of aliphatic hydroxyl groups is 1. The molecule has 1 saturated heterocycles. The molecule has 1 aromatic carbocycles. The summed E-state index contributed by atoms with van der Waals surface area (Å²) in [5.41, 5.74) is 6.60. The first-order valence-corrected chi connectivity index (χ1v) is 7.07. The van der Waals surface area contributed by atoms with Crippen LogP contribution >= 0.6 is 0 Å². The quantitative estimate of drug-likeness (QED) is 0.822. The molecule has 1 unspecified atom stereocenters. The minimum absolute atomic E-state index is 0.141. The predicted octanol–water partition coefficient (Wildman–Crippen LogP) is 1.48. The van der Waals surface area contributed by atoms with E-state index in [1.54, 1.807) is 6.07 Å². The number of piperidine rings is 1. The Labute approximate surface area is 119 Å². The molecule has 0 amide bonds. The summed E-state index contributed by atoms with van der Waals surface area (Å²) < 4.78 is 14.1. The van der Waals surface area contributed by atoms with Crippen molar-refractivity contribution in [3.05, 3.63) is 35.1 Å². The van der Waals surface area contributed by atoms with Gasteiger partial charge in [-0.3, -0.25) is 4.90 Å². The molecule has 4 heteroatoms. The second-order valence-corrected chi connectivity index (χ2v) is 5.11. The highest BCUT2D eigenvalue weighted by molar-refractivity contribution is 5.37. The zero-order valence-electron chi connectivity index (χ0n) is 11.6. The Morgan fingerprint density at radius 2 is 2.25 bits per heavy atom. The molecule has 0 spiro atoms. The van der Waals surface area contributed by atoms with Gasteiger partial charge in [-0.25, -0.2) is 4.39 Å². The van der Waals surface area contributed by atoms with Gasteiger partial charge in [0.2, 0.25) is 0 Å². The summed E-state index contributed by atoms with van der Waals surface area (Å²) in [4.78, 5) is 2.16. The fraction of sp³-hybridized carbons (Fsp3) is 0.500. The number of nitrogens with two attached hydrogens (primary N) is 1. The highest BCUT2D eigenvalue weighted by Crippen LogP contribution is 2.21. The number of benzene rings is 1. The van der Waals surface area contributed by atoms with E-state index in [4.69, 9.17) is 5.73 Å². The molecule has 1 aliphatic rings. The summed E-state index contributed by atoms with van der Waals surface area (Å²) in [5.74, 6) is 5.30. The molecule has 108 valence electrons. The highest BCUT2D eigenvalue weighted by Gasteiger charge is 2.22. The van der Waals surface area contributed by atoms with Crippen LogP contribution in [0.1, 0.15) is 30.4 Å². The van der Waals surface area contributed by atoms with E-state index >= 15 is 0 Å². The summed E-state index contributed by atoms with van der Waals surface area (Å²) in [6.07, 6.45) is 3.23. The van der Waals surface area contributed by atoms with Gasteiger partial charge in [0.1, 0.15) is 5.82 Å².